The van der Waals surface area contributed by atoms with Crippen LogP contribution in [0.1, 0.15) is 19.8 Å². The summed E-state index contributed by atoms with van der Waals surface area (Å²) in [7, 11) is 0. The fourth-order valence-electron chi connectivity index (χ4n) is 1.65. The maximum absolute atomic E-state index is 14.0. The average Bonchev–Trinajstić information content (AvgIpc) is 2.47. The lowest BCUT2D eigenvalue weighted by Crippen LogP contribution is -2.39. The molecule has 1 amide bonds. The number of hydrogen-bond acceptors (Lipinski definition) is 4. The highest BCUT2D eigenvalue weighted by Crippen LogP contribution is 2.26. The van der Waals surface area contributed by atoms with Crippen LogP contribution < -0.4 is 4.90 Å². The van der Waals surface area contributed by atoms with Crippen molar-refractivity contribution in [3.8, 4) is 6.07 Å². The number of carbonyl (C=O) groups excluding carboxylic acids is 2. The van der Waals surface area contributed by atoms with Crippen LogP contribution in [0.5, 0.6) is 0 Å². The van der Waals surface area contributed by atoms with Crippen LogP contribution in [-0.4, -0.2) is 25.0 Å². The van der Waals surface area contributed by atoms with E-state index < -0.39 is 17.7 Å². The average molecular weight is 313 g/mol. The van der Waals surface area contributed by atoms with E-state index in [9.17, 15) is 14.0 Å². The Morgan fingerprint density at radius 1 is 1.48 bits per heavy atom. The molecule has 0 N–H and O–H groups in total. The summed E-state index contributed by atoms with van der Waals surface area (Å²) in [6, 6.07) is 6.06. The van der Waals surface area contributed by atoms with E-state index in [2.05, 4.69) is 4.74 Å². The van der Waals surface area contributed by atoms with Gasteiger partial charge in [0.1, 0.15) is 0 Å². The monoisotopic (exact) mass is 312 g/mol. The number of anilines is 1. The van der Waals surface area contributed by atoms with Gasteiger partial charge in [-0.05, 0) is 25.5 Å². The summed E-state index contributed by atoms with van der Waals surface area (Å²) < 4.78 is 18.7. The first-order valence-corrected chi connectivity index (χ1v) is 6.70. The molecule has 0 heterocycles. The van der Waals surface area contributed by atoms with Crippen LogP contribution in [0.3, 0.4) is 0 Å². The molecular formula is C14H14ClFN2O3. The summed E-state index contributed by atoms with van der Waals surface area (Å²) in [6.07, 6.45) is 0.475. The van der Waals surface area contributed by atoms with Crippen LogP contribution in [0.2, 0.25) is 5.02 Å². The second-order valence-corrected chi connectivity index (χ2v) is 4.42. The molecule has 0 atom stereocenters. The summed E-state index contributed by atoms with van der Waals surface area (Å²) in [5, 5.41) is 8.38. The molecule has 1 rings (SSSR count). The van der Waals surface area contributed by atoms with Crippen LogP contribution in [-0.2, 0) is 14.3 Å². The van der Waals surface area contributed by atoms with Crippen LogP contribution in [0.15, 0.2) is 18.2 Å². The van der Waals surface area contributed by atoms with Gasteiger partial charge in [-0.25, -0.2) is 9.18 Å². The molecule has 0 spiro atoms. The topological polar surface area (TPSA) is 70.4 Å². The molecule has 112 valence electrons. The van der Waals surface area contributed by atoms with Crippen molar-refractivity contribution in [1.82, 2.24) is 0 Å². The van der Waals surface area contributed by atoms with Crippen molar-refractivity contribution in [3.05, 3.63) is 29.0 Å². The highest BCUT2D eigenvalue weighted by atomic mass is 35.5. The maximum Gasteiger partial charge on any atom is 0.397 e. The molecule has 0 saturated carbocycles. The van der Waals surface area contributed by atoms with Crippen LogP contribution >= 0.6 is 11.6 Å². The van der Waals surface area contributed by atoms with Gasteiger partial charge in [0.2, 0.25) is 0 Å². The van der Waals surface area contributed by atoms with Gasteiger partial charge >= 0.3 is 11.9 Å². The minimum Gasteiger partial charge on any atom is -0.459 e. The summed E-state index contributed by atoms with van der Waals surface area (Å²) >= 11 is 5.68. The number of amides is 1. The van der Waals surface area contributed by atoms with E-state index in [1.807, 2.05) is 6.07 Å². The first-order valence-electron chi connectivity index (χ1n) is 6.32. The first kappa shape index (κ1) is 16.9. The third kappa shape index (κ3) is 4.43. The zero-order chi connectivity index (χ0) is 15.8. The molecule has 0 aliphatic heterocycles. The lowest BCUT2D eigenvalue weighted by molar-refractivity contribution is -0.153. The summed E-state index contributed by atoms with van der Waals surface area (Å²) in [4.78, 5) is 24.5. The van der Waals surface area contributed by atoms with Gasteiger partial charge in [0.05, 0.1) is 23.4 Å². The van der Waals surface area contributed by atoms with Crippen molar-refractivity contribution in [2.75, 3.05) is 18.1 Å². The van der Waals surface area contributed by atoms with Gasteiger partial charge in [-0.1, -0.05) is 17.7 Å². The molecule has 5 nitrogen and oxygen atoms in total. The Bertz CT molecular complexity index is 572. The molecule has 0 saturated heterocycles. The van der Waals surface area contributed by atoms with E-state index in [0.717, 1.165) is 4.90 Å². The number of nitrogens with zero attached hydrogens (tertiary/aromatic N) is 2. The molecule has 0 radical (unpaired) electrons. The predicted octanol–water partition coefficient (Wildman–Crippen LogP) is 2.68. The highest BCUT2D eigenvalue weighted by molar-refractivity contribution is 6.38. The van der Waals surface area contributed by atoms with E-state index in [1.165, 1.54) is 18.2 Å². The van der Waals surface area contributed by atoms with Gasteiger partial charge in [-0.3, -0.25) is 9.69 Å². The molecule has 0 aliphatic rings. The van der Waals surface area contributed by atoms with Crippen LogP contribution in [0.25, 0.3) is 0 Å². The minimum absolute atomic E-state index is 0.0163. The SMILES string of the molecule is CCOC(=O)C(=O)N(CCCC#N)c1cccc(Cl)c1F. The molecule has 21 heavy (non-hydrogen) atoms. The number of unbranched alkanes of at least 4 members (excludes halogenated alkanes) is 1. The van der Waals surface area contributed by atoms with E-state index >= 15 is 0 Å². The smallest absolute Gasteiger partial charge is 0.397 e. The number of esters is 1. The Morgan fingerprint density at radius 3 is 2.81 bits per heavy atom. The largest absolute Gasteiger partial charge is 0.459 e. The standard InChI is InChI=1S/C14H14ClFN2O3/c1-2-21-14(20)13(19)18(9-4-3-8-17)11-7-5-6-10(15)12(11)16/h5-7H,2-4,9H2,1H3. The normalized spacial score (nSPS) is 9.81. The van der Waals surface area contributed by atoms with E-state index in [1.54, 1.807) is 6.92 Å². The zero-order valence-corrected chi connectivity index (χ0v) is 12.2. The molecule has 7 heteroatoms. The van der Waals surface area contributed by atoms with Crippen LogP contribution in [0, 0.1) is 17.1 Å². The Kier molecular flexibility index (Phi) is 6.63. The minimum atomic E-state index is -1.08. The molecule has 0 aliphatic carbocycles. The van der Waals surface area contributed by atoms with Crippen molar-refractivity contribution in [2.45, 2.75) is 19.8 Å². The van der Waals surface area contributed by atoms with E-state index in [4.69, 9.17) is 16.9 Å². The number of rotatable bonds is 5. The molecule has 0 fully saturated rings. The number of halogens is 2. The Balaban J connectivity index is 3.07. The van der Waals surface area contributed by atoms with Crippen molar-refractivity contribution in [2.24, 2.45) is 0 Å². The number of benzene rings is 1. The van der Waals surface area contributed by atoms with E-state index in [-0.39, 0.29) is 30.3 Å². The molecule has 1 aromatic rings. The van der Waals surface area contributed by atoms with Gasteiger partial charge in [0.15, 0.2) is 5.82 Å². The fourth-order valence-corrected chi connectivity index (χ4v) is 1.82. The summed E-state index contributed by atoms with van der Waals surface area (Å²) in [5.41, 5.74) is -0.113. The molecule has 1 aromatic carbocycles. The fraction of sp³-hybridized carbons (Fsp3) is 0.357. The van der Waals surface area contributed by atoms with Crippen molar-refractivity contribution < 1.29 is 18.7 Å². The zero-order valence-electron chi connectivity index (χ0n) is 11.4. The molecule has 0 unspecified atom stereocenters. The number of ether oxygens (including phenoxy) is 1. The van der Waals surface area contributed by atoms with Gasteiger partial charge < -0.3 is 4.74 Å². The Morgan fingerprint density at radius 2 is 2.19 bits per heavy atom. The van der Waals surface area contributed by atoms with Gasteiger partial charge in [0, 0.05) is 13.0 Å². The lowest BCUT2D eigenvalue weighted by atomic mass is 10.2. The van der Waals surface area contributed by atoms with Gasteiger partial charge in [-0.15, -0.1) is 0 Å². The summed E-state index contributed by atoms with van der Waals surface area (Å²) in [6.45, 7) is 1.61. The number of carbonyl (C=O) groups is 2. The van der Waals surface area contributed by atoms with E-state index in [0.29, 0.717) is 6.42 Å². The second kappa shape index (κ2) is 8.22. The highest BCUT2D eigenvalue weighted by Gasteiger charge is 2.26. The van der Waals surface area contributed by atoms with Crippen molar-refractivity contribution >= 4 is 29.2 Å². The maximum atomic E-state index is 14.0. The molecule has 0 aromatic heterocycles. The van der Waals surface area contributed by atoms with Gasteiger partial charge in [-0.2, -0.15) is 5.26 Å². The first-order chi connectivity index (χ1) is 10.0. The summed E-state index contributed by atoms with van der Waals surface area (Å²) in [5.74, 6) is -2.86. The lowest BCUT2D eigenvalue weighted by Gasteiger charge is -2.22. The van der Waals surface area contributed by atoms with Crippen molar-refractivity contribution in [1.29, 1.82) is 5.26 Å². The number of hydrogen-bond donors (Lipinski definition) is 0. The Hall–Kier alpha value is -2.13. The molecule has 0 bridgehead atoms. The number of nitriles is 1. The quantitative estimate of drug-likeness (QED) is 0.476. The second-order valence-electron chi connectivity index (χ2n) is 4.01. The van der Waals surface area contributed by atoms with Crippen molar-refractivity contribution in [3.63, 3.8) is 0 Å². The molecular weight excluding hydrogens is 299 g/mol. The third-order valence-electron chi connectivity index (χ3n) is 2.59. The van der Waals surface area contributed by atoms with Gasteiger partial charge in [0.25, 0.3) is 0 Å². The Labute approximate surface area is 126 Å². The van der Waals surface area contributed by atoms with Crippen LogP contribution in [0.4, 0.5) is 10.1 Å². The predicted molar refractivity (Wildman–Crippen MR) is 75.2 cm³/mol. The third-order valence-corrected chi connectivity index (χ3v) is 2.88.